The maximum atomic E-state index is 12.3. The Balaban J connectivity index is 1.35. The highest BCUT2D eigenvalue weighted by Crippen LogP contribution is 2.25. The Kier molecular flexibility index (Phi) is 4.74. The summed E-state index contributed by atoms with van der Waals surface area (Å²) in [5.74, 6) is 0.344. The molecule has 0 atom stereocenters. The average Bonchev–Trinajstić information content (AvgIpc) is 3.26. The molecular weight excluding hydrogens is 344 g/mol. The zero-order valence-electron chi connectivity index (χ0n) is 14.4. The Labute approximate surface area is 155 Å². The van der Waals surface area contributed by atoms with E-state index in [2.05, 4.69) is 15.5 Å². The summed E-state index contributed by atoms with van der Waals surface area (Å²) in [6.07, 6.45) is 1.46. The highest BCUT2D eigenvalue weighted by molar-refractivity contribution is 5.90. The van der Waals surface area contributed by atoms with Gasteiger partial charge in [-0.05, 0) is 40.1 Å². The quantitative estimate of drug-likeness (QED) is 0.388. The predicted octanol–water partition coefficient (Wildman–Crippen LogP) is 3.05. The number of hydrogen-bond donors (Lipinski definition) is 0. The number of tetrazole rings is 1. The molecule has 7 heteroatoms. The molecule has 0 unspecified atom stereocenters. The second kappa shape index (κ2) is 7.65. The molecule has 0 aliphatic rings. The first kappa shape index (κ1) is 16.7. The molecule has 0 amide bonds. The molecule has 0 saturated heterocycles. The molecule has 0 aliphatic carbocycles. The zero-order chi connectivity index (χ0) is 18.5. The molecule has 1 aromatic heterocycles. The maximum absolute atomic E-state index is 12.3. The first-order valence-corrected chi connectivity index (χ1v) is 8.42. The van der Waals surface area contributed by atoms with Crippen LogP contribution in [0.3, 0.4) is 0 Å². The number of esters is 1. The van der Waals surface area contributed by atoms with Crippen LogP contribution in [0.4, 0.5) is 0 Å². The lowest BCUT2D eigenvalue weighted by molar-refractivity contribution is 0.0451. The lowest BCUT2D eigenvalue weighted by atomic mass is 10.1. The Morgan fingerprint density at radius 1 is 0.963 bits per heavy atom. The Morgan fingerprint density at radius 2 is 1.81 bits per heavy atom. The van der Waals surface area contributed by atoms with Crippen molar-refractivity contribution in [2.75, 3.05) is 13.2 Å². The molecule has 0 fully saturated rings. The molecule has 4 rings (SSSR count). The maximum Gasteiger partial charge on any atom is 0.338 e. The average molecular weight is 360 g/mol. The summed E-state index contributed by atoms with van der Waals surface area (Å²) in [5.41, 5.74) is 1.11. The molecule has 0 radical (unpaired) electrons. The van der Waals surface area contributed by atoms with Crippen molar-refractivity contribution in [3.63, 3.8) is 0 Å². The minimum absolute atomic E-state index is 0.150. The van der Waals surface area contributed by atoms with Crippen molar-refractivity contribution < 1.29 is 14.3 Å². The number of ether oxygens (including phenoxy) is 2. The second-order valence-electron chi connectivity index (χ2n) is 5.77. The Bertz CT molecular complexity index is 1060. The third-order valence-electron chi connectivity index (χ3n) is 4.02. The number of carbonyl (C=O) groups is 1. The molecule has 0 spiro atoms. The fourth-order valence-electron chi connectivity index (χ4n) is 2.75. The van der Waals surface area contributed by atoms with Gasteiger partial charge in [0, 0.05) is 5.39 Å². The van der Waals surface area contributed by atoms with Crippen LogP contribution in [0.15, 0.2) is 73.1 Å². The van der Waals surface area contributed by atoms with Crippen LogP contribution in [0.25, 0.3) is 16.5 Å². The summed E-state index contributed by atoms with van der Waals surface area (Å²) in [5, 5.41) is 13.1. The molecule has 4 aromatic rings. The molecule has 134 valence electrons. The van der Waals surface area contributed by atoms with E-state index >= 15 is 0 Å². The van der Waals surface area contributed by atoms with Gasteiger partial charge in [-0.3, -0.25) is 0 Å². The lowest BCUT2D eigenvalue weighted by Crippen LogP contribution is -2.13. The molecule has 3 aromatic carbocycles. The lowest BCUT2D eigenvalue weighted by Gasteiger charge is -2.10. The fourth-order valence-corrected chi connectivity index (χ4v) is 2.75. The summed E-state index contributed by atoms with van der Waals surface area (Å²) < 4.78 is 12.6. The van der Waals surface area contributed by atoms with E-state index in [1.165, 1.54) is 11.0 Å². The van der Waals surface area contributed by atoms with E-state index in [1.807, 2.05) is 42.5 Å². The van der Waals surface area contributed by atoms with Crippen molar-refractivity contribution in [1.29, 1.82) is 0 Å². The van der Waals surface area contributed by atoms with Crippen LogP contribution in [0.2, 0.25) is 0 Å². The summed E-state index contributed by atoms with van der Waals surface area (Å²) >= 11 is 0. The number of aromatic nitrogens is 4. The van der Waals surface area contributed by atoms with Gasteiger partial charge >= 0.3 is 5.97 Å². The first-order chi connectivity index (χ1) is 13.3. The van der Waals surface area contributed by atoms with E-state index < -0.39 is 5.97 Å². The van der Waals surface area contributed by atoms with E-state index in [9.17, 15) is 4.79 Å². The van der Waals surface area contributed by atoms with Gasteiger partial charge in [0.15, 0.2) is 0 Å². The van der Waals surface area contributed by atoms with Crippen molar-refractivity contribution in [2.24, 2.45) is 0 Å². The van der Waals surface area contributed by atoms with Gasteiger partial charge in [0.25, 0.3) is 0 Å². The van der Waals surface area contributed by atoms with Crippen molar-refractivity contribution in [3.8, 4) is 11.4 Å². The molecule has 0 aliphatic heterocycles. The highest BCUT2D eigenvalue weighted by Gasteiger charge is 2.09. The normalized spacial score (nSPS) is 10.7. The third kappa shape index (κ3) is 3.77. The van der Waals surface area contributed by atoms with Gasteiger partial charge < -0.3 is 9.47 Å². The minimum atomic E-state index is -0.425. The van der Waals surface area contributed by atoms with Gasteiger partial charge in [-0.1, -0.05) is 42.5 Å². The van der Waals surface area contributed by atoms with Crippen LogP contribution in [-0.4, -0.2) is 39.4 Å². The van der Waals surface area contributed by atoms with Crippen LogP contribution < -0.4 is 4.74 Å². The Hall–Kier alpha value is -3.74. The summed E-state index contributed by atoms with van der Waals surface area (Å²) in [6, 6.07) is 20.8. The van der Waals surface area contributed by atoms with Crippen LogP contribution in [0, 0.1) is 0 Å². The van der Waals surface area contributed by atoms with Gasteiger partial charge in [0.05, 0.1) is 11.3 Å². The van der Waals surface area contributed by atoms with E-state index in [1.54, 1.807) is 24.3 Å². The number of rotatable bonds is 6. The molecule has 0 saturated carbocycles. The van der Waals surface area contributed by atoms with Crippen LogP contribution in [-0.2, 0) is 4.74 Å². The summed E-state index contributed by atoms with van der Waals surface area (Å²) in [7, 11) is 0. The molecular formula is C20H16N4O3. The largest absolute Gasteiger partial charge is 0.489 e. The van der Waals surface area contributed by atoms with Crippen LogP contribution in [0.5, 0.6) is 5.75 Å². The summed E-state index contributed by atoms with van der Waals surface area (Å²) in [6.45, 7) is 0.420. The SMILES string of the molecule is O=C(OCCOc1cccc2ccccc12)c1cccc(-n2cnnn2)c1. The number of nitrogens with zero attached hydrogens (tertiary/aromatic N) is 4. The van der Waals surface area contributed by atoms with Gasteiger partial charge in [-0.2, -0.15) is 0 Å². The van der Waals surface area contributed by atoms with Gasteiger partial charge in [0.1, 0.15) is 25.3 Å². The fraction of sp³-hybridized carbons (Fsp3) is 0.100. The number of fused-ring (bicyclic) bond motifs is 1. The number of benzene rings is 3. The minimum Gasteiger partial charge on any atom is -0.489 e. The number of hydrogen-bond acceptors (Lipinski definition) is 6. The van der Waals surface area contributed by atoms with Crippen molar-refractivity contribution >= 4 is 16.7 Å². The topological polar surface area (TPSA) is 79.1 Å². The summed E-state index contributed by atoms with van der Waals surface area (Å²) in [4.78, 5) is 12.3. The van der Waals surface area contributed by atoms with Gasteiger partial charge in [-0.25, -0.2) is 9.48 Å². The highest BCUT2D eigenvalue weighted by atomic mass is 16.6. The van der Waals surface area contributed by atoms with E-state index in [4.69, 9.17) is 9.47 Å². The van der Waals surface area contributed by atoms with Crippen molar-refractivity contribution in [3.05, 3.63) is 78.6 Å². The van der Waals surface area contributed by atoms with Crippen molar-refractivity contribution in [1.82, 2.24) is 20.2 Å². The first-order valence-electron chi connectivity index (χ1n) is 8.42. The van der Waals surface area contributed by atoms with Gasteiger partial charge in [-0.15, -0.1) is 5.10 Å². The number of carbonyl (C=O) groups excluding carboxylic acids is 1. The van der Waals surface area contributed by atoms with Crippen molar-refractivity contribution in [2.45, 2.75) is 0 Å². The third-order valence-corrected chi connectivity index (χ3v) is 4.02. The van der Waals surface area contributed by atoms with E-state index in [0.29, 0.717) is 11.3 Å². The molecule has 27 heavy (non-hydrogen) atoms. The molecule has 1 heterocycles. The standard InChI is InChI=1S/C20H16N4O3/c25-20(16-7-3-8-17(13-16)24-14-21-22-23-24)27-12-11-26-19-10-4-6-15-5-1-2-9-18(15)19/h1-10,13-14H,11-12H2. The zero-order valence-corrected chi connectivity index (χ0v) is 14.4. The molecule has 7 nitrogen and oxygen atoms in total. The second-order valence-corrected chi connectivity index (χ2v) is 5.77. The monoisotopic (exact) mass is 360 g/mol. The van der Waals surface area contributed by atoms with E-state index in [0.717, 1.165) is 16.5 Å². The molecule has 0 bridgehead atoms. The van der Waals surface area contributed by atoms with Crippen LogP contribution >= 0.6 is 0 Å². The Morgan fingerprint density at radius 3 is 2.70 bits per heavy atom. The molecule has 0 N–H and O–H groups in total. The van der Waals surface area contributed by atoms with Crippen LogP contribution in [0.1, 0.15) is 10.4 Å². The smallest absolute Gasteiger partial charge is 0.338 e. The van der Waals surface area contributed by atoms with Gasteiger partial charge in [0.2, 0.25) is 0 Å². The van der Waals surface area contributed by atoms with E-state index in [-0.39, 0.29) is 13.2 Å². The predicted molar refractivity (Wildman–Crippen MR) is 98.9 cm³/mol.